The quantitative estimate of drug-likeness (QED) is 0.871. The number of sulfonamides is 1. The van der Waals surface area contributed by atoms with Crippen molar-refractivity contribution in [3.8, 4) is 0 Å². The Bertz CT molecular complexity index is 513. The summed E-state index contributed by atoms with van der Waals surface area (Å²) in [5.41, 5.74) is 1.04. The molecule has 20 heavy (non-hydrogen) atoms. The molecular formula is C15H23NO3S. The molecule has 0 aromatic heterocycles. The lowest BCUT2D eigenvalue weighted by Crippen LogP contribution is -2.39. The molecule has 2 unspecified atom stereocenters. The van der Waals surface area contributed by atoms with E-state index in [0.717, 1.165) is 18.4 Å². The molecule has 5 heteroatoms. The maximum absolute atomic E-state index is 12.4. The SMILES string of the molecule is CC(O)CC1CCCN1S(=O)(=O)CCc1ccccc1. The van der Waals surface area contributed by atoms with Gasteiger partial charge in [-0.05, 0) is 38.2 Å². The van der Waals surface area contributed by atoms with Gasteiger partial charge in [-0.1, -0.05) is 30.3 Å². The molecule has 2 atom stereocenters. The summed E-state index contributed by atoms with van der Waals surface area (Å²) in [4.78, 5) is 0. The van der Waals surface area contributed by atoms with Gasteiger partial charge in [-0.3, -0.25) is 0 Å². The van der Waals surface area contributed by atoms with E-state index in [1.165, 1.54) is 0 Å². The standard InChI is InChI=1S/C15H23NO3S/c1-13(17)12-15-8-5-10-16(15)20(18,19)11-9-14-6-3-2-4-7-14/h2-4,6-7,13,15,17H,5,8-12H2,1H3. The van der Waals surface area contributed by atoms with Crippen LogP contribution in [0.3, 0.4) is 0 Å². The van der Waals surface area contributed by atoms with E-state index in [1.54, 1.807) is 11.2 Å². The van der Waals surface area contributed by atoms with E-state index in [9.17, 15) is 13.5 Å². The maximum atomic E-state index is 12.4. The third-order valence-corrected chi connectivity index (χ3v) is 5.70. The smallest absolute Gasteiger partial charge is 0.214 e. The fourth-order valence-corrected chi connectivity index (χ4v) is 4.59. The summed E-state index contributed by atoms with van der Waals surface area (Å²) in [5, 5.41) is 9.48. The Hall–Kier alpha value is -0.910. The molecule has 0 saturated carbocycles. The molecule has 0 amide bonds. The molecule has 0 aliphatic carbocycles. The molecule has 1 aliphatic rings. The fraction of sp³-hybridized carbons (Fsp3) is 0.600. The van der Waals surface area contributed by atoms with Gasteiger partial charge in [0, 0.05) is 12.6 Å². The predicted molar refractivity (Wildman–Crippen MR) is 80.0 cm³/mol. The van der Waals surface area contributed by atoms with E-state index in [2.05, 4.69) is 0 Å². The molecule has 1 fully saturated rings. The molecule has 1 N–H and O–H groups in total. The minimum absolute atomic E-state index is 0.0317. The van der Waals surface area contributed by atoms with Crippen molar-refractivity contribution in [1.29, 1.82) is 0 Å². The van der Waals surface area contributed by atoms with Crippen molar-refractivity contribution in [2.24, 2.45) is 0 Å². The Morgan fingerprint density at radius 3 is 2.70 bits per heavy atom. The molecule has 1 heterocycles. The van der Waals surface area contributed by atoms with Crippen LogP contribution in [0.5, 0.6) is 0 Å². The van der Waals surface area contributed by atoms with Crippen LogP contribution in [0.25, 0.3) is 0 Å². The van der Waals surface area contributed by atoms with Gasteiger partial charge in [0.25, 0.3) is 0 Å². The van der Waals surface area contributed by atoms with Crippen molar-refractivity contribution < 1.29 is 13.5 Å². The number of rotatable bonds is 6. The van der Waals surface area contributed by atoms with Crippen LogP contribution in [-0.4, -0.2) is 42.3 Å². The highest BCUT2D eigenvalue weighted by atomic mass is 32.2. The van der Waals surface area contributed by atoms with Crippen molar-refractivity contribution in [2.75, 3.05) is 12.3 Å². The molecule has 112 valence electrons. The summed E-state index contributed by atoms with van der Waals surface area (Å²) in [6.45, 7) is 2.31. The average molecular weight is 297 g/mol. The molecule has 0 radical (unpaired) electrons. The zero-order chi connectivity index (χ0) is 14.6. The molecule has 1 aromatic carbocycles. The fourth-order valence-electron chi connectivity index (χ4n) is 2.81. The maximum Gasteiger partial charge on any atom is 0.214 e. The molecule has 1 aliphatic heterocycles. The lowest BCUT2D eigenvalue weighted by molar-refractivity contribution is 0.158. The second-order valence-electron chi connectivity index (χ2n) is 5.54. The van der Waals surface area contributed by atoms with Gasteiger partial charge in [0.15, 0.2) is 0 Å². The first kappa shape index (κ1) is 15.5. The summed E-state index contributed by atoms with van der Waals surface area (Å²) in [7, 11) is -3.23. The Labute approximate surface area is 121 Å². The normalized spacial score (nSPS) is 22.0. The minimum atomic E-state index is -3.23. The van der Waals surface area contributed by atoms with Crippen molar-refractivity contribution in [2.45, 2.75) is 44.8 Å². The lowest BCUT2D eigenvalue weighted by Gasteiger charge is -2.25. The molecule has 1 saturated heterocycles. The van der Waals surface area contributed by atoms with Crippen LogP contribution in [0.4, 0.5) is 0 Å². The van der Waals surface area contributed by atoms with E-state index in [-0.39, 0.29) is 11.8 Å². The van der Waals surface area contributed by atoms with Gasteiger partial charge in [-0.25, -0.2) is 8.42 Å². The van der Waals surface area contributed by atoms with Gasteiger partial charge in [-0.15, -0.1) is 0 Å². The van der Waals surface area contributed by atoms with Gasteiger partial charge < -0.3 is 5.11 Å². The van der Waals surface area contributed by atoms with E-state index in [4.69, 9.17) is 0 Å². The van der Waals surface area contributed by atoms with Crippen molar-refractivity contribution in [1.82, 2.24) is 4.31 Å². The van der Waals surface area contributed by atoms with Crippen molar-refractivity contribution in [3.63, 3.8) is 0 Å². The van der Waals surface area contributed by atoms with Crippen LogP contribution in [-0.2, 0) is 16.4 Å². The molecule has 1 aromatic rings. The highest BCUT2D eigenvalue weighted by molar-refractivity contribution is 7.89. The second kappa shape index (κ2) is 6.70. The van der Waals surface area contributed by atoms with Crippen LogP contribution in [0.2, 0.25) is 0 Å². The first-order chi connectivity index (χ1) is 9.49. The Morgan fingerprint density at radius 1 is 1.35 bits per heavy atom. The van der Waals surface area contributed by atoms with Gasteiger partial charge in [-0.2, -0.15) is 4.31 Å². The molecule has 2 rings (SSSR count). The molecule has 0 spiro atoms. The van der Waals surface area contributed by atoms with E-state index in [1.807, 2.05) is 30.3 Å². The van der Waals surface area contributed by atoms with Gasteiger partial charge in [0.2, 0.25) is 10.0 Å². The van der Waals surface area contributed by atoms with Gasteiger partial charge in [0.1, 0.15) is 0 Å². The molecular weight excluding hydrogens is 274 g/mol. The number of hydrogen-bond acceptors (Lipinski definition) is 3. The average Bonchev–Trinajstić information content (AvgIpc) is 2.86. The highest BCUT2D eigenvalue weighted by Crippen LogP contribution is 2.25. The number of aliphatic hydroxyl groups is 1. The number of nitrogens with zero attached hydrogens (tertiary/aromatic N) is 1. The number of aryl methyl sites for hydroxylation is 1. The van der Waals surface area contributed by atoms with Crippen LogP contribution in [0.1, 0.15) is 31.7 Å². The van der Waals surface area contributed by atoms with E-state index in [0.29, 0.717) is 19.4 Å². The monoisotopic (exact) mass is 297 g/mol. The summed E-state index contributed by atoms with van der Waals surface area (Å²) >= 11 is 0. The van der Waals surface area contributed by atoms with Crippen molar-refractivity contribution >= 4 is 10.0 Å². The zero-order valence-corrected chi connectivity index (χ0v) is 12.7. The third-order valence-electron chi connectivity index (χ3n) is 3.79. The molecule has 4 nitrogen and oxygen atoms in total. The highest BCUT2D eigenvalue weighted by Gasteiger charge is 2.34. The Morgan fingerprint density at radius 2 is 2.05 bits per heavy atom. The van der Waals surface area contributed by atoms with Gasteiger partial charge >= 0.3 is 0 Å². The topological polar surface area (TPSA) is 57.6 Å². The van der Waals surface area contributed by atoms with Crippen LogP contribution in [0, 0.1) is 0 Å². The summed E-state index contributed by atoms with van der Waals surface area (Å²) in [6.07, 6.45) is 2.37. The first-order valence-corrected chi connectivity index (χ1v) is 8.81. The second-order valence-corrected chi connectivity index (χ2v) is 7.58. The summed E-state index contributed by atoms with van der Waals surface area (Å²) in [5.74, 6) is 0.146. The first-order valence-electron chi connectivity index (χ1n) is 7.20. The lowest BCUT2D eigenvalue weighted by atomic mass is 10.1. The zero-order valence-electron chi connectivity index (χ0n) is 11.9. The number of hydrogen-bond donors (Lipinski definition) is 1. The summed E-state index contributed by atoms with van der Waals surface area (Å²) < 4.78 is 26.5. The Balaban J connectivity index is 1.99. The number of aliphatic hydroxyl groups excluding tert-OH is 1. The number of benzene rings is 1. The van der Waals surface area contributed by atoms with Crippen LogP contribution < -0.4 is 0 Å². The van der Waals surface area contributed by atoms with Crippen LogP contribution >= 0.6 is 0 Å². The Kier molecular flexibility index (Phi) is 5.18. The van der Waals surface area contributed by atoms with Crippen molar-refractivity contribution in [3.05, 3.63) is 35.9 Å². The summed E-state index contributed by atoms with van der Waals surface area (Å²) in [6, 6.07) is 9.65. The van der Waals surface area contributed by atoms with Crippen LogP contribution in [0.15, 0.2) is 30.3 Å². The molecule has 0 bridgehead atoms. The third kappa shape index (κ3) is 4.04. The predicted octanol–water partition coefficient (Wildman–Crippen LogP) is 1.79. The largest absolute Gasteiger partial charge is 0.393 e. The van der Waals surface area contributed by atoms with Gasteiger partial charge in [0.05, 0.1) is 11.9 Å². The van der Waals surface area contributed by atoms with E-state index < -0.39 is 16.1 Å². The van der Waals surface area contributed by atoms with E-state index >= 15 is 0 Å². The minimum Gasteiger partial charge on any atom is -0.393 e.